The zero-order valence-electron chi connectivity index (χ0n) is 9.04. The highest BCUT2D eigenvalue weighted by Crippen LogP contribution is 1.95. The van der Waals surface area contributed by atoms with Gasteiger partial charge in [0.25, 0.3) is 0 Å². The van der Waals surface area contributed by atoms with E-state index in [0.29, 0.717) is 0 Å². The standard InChI is InChI=1S/C7H8O.9H2O/c8-6-7-4-2-1-3-5-7;;;;;;;;;/h1-5,8H,6H2;9*1H2. The first-order valence-electron chi connectivity index (χ1n) is 2.58. The summed E-state index contributed by atoms with van der Waals surface area (Å²) in [6.07, 6.45) is 0. The monoisotopic (exact) mass is 270 g/mol. The minimum absolute atomic E-state index is 0. The highest BCUT2D eigenvalue weighted by molar-refractivity contribution is 5.12. The van der Waals surface area contributed by atoms with Crippen molar-refractivity contribution in [2.24, 2.45) is 0 Å². The molecule has 114 valence electrons. The minimum Gasteiger partial charge on any atom is -0.412 e. The summed E-state index contributed by atoms with van der Waals surface area (Å²) in [4.78, 5) is 0. The molecule has 0 atom stereocenters. The average Bonchev–Trinajstić information content (AvgIpc) is 1.90. The number of hydrogen-bond donors (Lipinski definition) is 1. The van der Waals surface area contributed by atoms with Crippen LogP contribution in [0.15, 0.2) is 30.3 Å². The van der Waals surface area contributed by atoms with Crippen LogP contribution in [0, 0.1) is 0 Å². The molecule has 17 heavy (non-hydrogen) atoms. The third-order valence-corrected chi connectivity index (χ3v) is 1.03. The fraction of sp³-hybridized carbons (Fsp3) is 0.143. The minimum atomic E-state index is 0. The summed E-state index contributed by atoms with van der Waals surface area (Å²) in [7, 11) is 0. The molecule has 0 saturated carbocycles. The van der Waals surface area contributed by atoms with Gasteiger partial charge in [-0.25, -0.2) is 0 Å². The van der Waals surface area contributed by atoms with Gasteiger partial charge in [-0.2, -0.15) is 0 Å². The Bertz CT molecular complexity index is 158. The van der Waals surface area contributed by atoms with E-state index in [9.17, 15) is 0 Å². The molecule has 0 aliphatic carbocycles. The lowest BCUT2D eigenvalue weighted by Gasteiger charge is -1.89. The summed E-state index contributed by atoms with van der Waals surface area (Å²) in [5, 5.41) is 8.54. The SMILES string of the molecule is O.O.O.O.O.O.O.O.O.OCc1ccccc1. The summed E-state index contributed by atoms with van der Waals surface area (Å²) in [5.74, 6) is 0. The van der Waals surface area contributed by atoms with E-state index in [-0.39, 0.29) is 55.9 Å². The van der Waals surface area contributed by atoms with E-state index in [1.165, 1.54) is 0 Å². The van der Waals surface area contributed by atoms with Crippen molar-refractivity contribution in [1.29, 1.82) is 0 Å². The number of benzene rings is 1. The molecule has 0 amide bonds. The van der Waals surface area contributed by atoms with Crippen molar-refractivity contribution in [3.63, 3.8) is 0 Å². The van der Waals surface area contributed by atoms with Gasteiger partial charge in [0.15, 0.2) is 0 Å². The summed E-state index contributed by atoms with van der Waals surface area (Å²) in [6, 6.07) is 9.52. The Morgan fingerprint density at radius 2 is 0.882 bits per heavy atom. The number of aliphatic hydroxyl groups excluding tert-OH is 1. The molecular weight excluding hydrogens is 244 g/mol. The maximum absolute atomic E-state index is 8.54. The number of rotatable bonds is 1. The van der Waals surface area contributed by atoms with Crippen LogP contribution < -0.4 is 0 Å². The normalized spacial score (nSPS) is 4.29. The van der Waals surface area contributed by atoms with E-state index in [1.54, 1.807) is 0 Å². The molecule has 0 aliphatic rings. The van der Waals surface area contributed by atoms with Crippen LogP contribution >= 0.6 is 0 Å². The second kappa shape index (κ2) is 46.3. The van der Waals surface area contributed by atoms with Crippen LogP contribution in [0.3, 0.4) is 0 Å². The van der Waals surface area contributed by atoms with E-state index < -0.39 is 0 Å². The Kier molecular flexibility index (Phi) is 203. The fourth-order valence-corrected chi connectivity index (χ4v) is 0.583. The lowest BCUT2D eigenvalue weighted by atomic mass is 10.2. The predicted molar refractivity (Wildman–Crippen MR) is 64.9 cm³/mol. The topological polar surface area (TPSA) is 304 Å². The first-order chi connectivity index (χ1) is 3.93. The Balaban J connectivity index is -0.0000000102. The van der Waals surface area contributed by atoms with Gasteiger partial charge in [-0.1, -0.05) is 30.3 Å². The number of aliphatic hydroxyl groups is 1. The van der Waals surface area contributed by atoms with Crippen molar-refractivity contribution in [2.45, 2.75) is 6.61 Å². The van der Waals surface area contributed by atoms with E-state index in [2.05, 4.69) is 0 Å². The third kappa shape index (κ3) is 31.3. The molecule has 0 heterocycles. The maximum Gasteiger partial charge on any atom is 0.0681 e. The molecule has 0 aromatic heterocycles. The van der Waals surface area contributed by atoms with E-state index in [0.717, 1.165) is 5.56 Å². The Morgan fingerprint density at radius 3 is 1.06 bits per heavy atom. The van der Waals surface area contributed by atoms with Crippen LogP contribution in [-0.4, -0.2) is 54.4 Å². The largest absolute Gasteiger partial charge is 0.412 e. The van der Waals surface area contributed by atoms with Gasteiger partial charge in [-0.15, -0.1) is 0 Å². The van der Waals surface area contributed by atoms with Crippen molar-refractivity contribution >= 4 is 0 Å². The molecular formula is C7H26O10. The molecule has 10 heteroatoms. The van der Waals surface area contributed by atoms with Gasteiger partial charge in [-0.05, 0) is 5.56 Å². The molecule has 19 N–H and O–H groups in total. The Morgan fingerprint density at radius 1 is 0.588 bits per heavy atom. The van der Waals surface area contributed by atoms with Crippen molar-refractivity contribution in [2.75, 3.05) is 0 Å². The van der Waals surface area contributed by atoms with Gasteiger partial charge in [0.2, 0.25) is 0 Å². The first-order valence-corrected chi connectivity index (χ1v) is 2.58. The molecule has 0 spiro atoms. The third-order valence-electron chi connectivity index (χ3n) is 1.03. The zero-order valence-corrected chi connectivity index (χ0v) is 9.04. The number of hydrogen-bond acceptors (Lipinski definition) is 1. The van der Waals surface area contributed by atoms with Crippen LogP contribution in [0.1, 0.15) is 5.56 Å². The van der Waals surface area contributed by atoms with Gasteiger partial charge in [0, 0.05) is 0 Å². The zero-order chi connectivity index (χ0) is 5.82. The highest BCUT2D eigenvalue weighted by atomic mass is 16.3. The second-order valence-corrected chi connectivity index (χ2v) is 1.64. The lowest BCUT2D eigenvalue weighted by molar-refractivity contribution is 0.282. The summed E-state index contributed by atoms with van der Waals surface area (Å²) in [5.41, 5.74) is 0.965. The van der Waals surface area contributed by atoms with Gasteiger partial charge >= 0.3 is 0 Å². The Hall–Kier alpha value is -1.18. The van der Waals surface area contributed by atoms with Crippen molar-refractivity contribution < 1.29 is 54.4 Å². The first kappa shape index (κ1) is 74.7. The van der Waals surface area contributed by atoms with Crippen LogP contribution in [0.25, 0.3) is 0 Å². The van der Waals surface area contributed by atoms with Crippen molar-refractivity contribution in [3.05, 3.63) is 35.9 Å². The van der Waals surface area contributed by atoms with Crippen LogP contribution in [0.4, 0.5) is 0 Å². The molecule has 1 rings (SSSR count). The molecule has 0 radical (unpaired) electrons. The molecule has 0 bridgehead atoms. The van der Waals surface area contributed by atoms with Crippen molar-refractivity contribution in [1.82, 2.24) is 0 Å². The Labute approximate surface area is 97.9 Å². The molecule has 0 saturated heterocycles. The van der Waals surface area contributed by atoms with Gasteiger partial charge in [-0.3, -0.25) is 0 Å². The molecule has 0 unspecified atom stereocenters. The molecule has 1 aromatic carbocycles. The van der Waals surface area contributed by atoms with Crippen molar-refractivity contribution in [3.8, 4) is 0 Å². The van der Waals surface area contributed by atoms with Crippen LogP contribution in [0.2, 0.25) is 0 Å². The van der Waals surface area contributed by atoms with Crippen LogP contribution in [0.5, 0.6) is 0 Å². The summed E-state index contributed by atoms with van der Waals surface area (Å²) < 4.78 is 0. The molecule has 10 nitrogen and oxygen atoms in total. The average molecular weight is 270 g/mol. The summed E-state index contributed by atoms with van der Waals surface area (Å²) in [6.45, 7) is 0.140. The van der Waals surface area contributed by atoms with E-state index in [4.69, 9.17) is 5.11 Å². The van der Waals surface area contributed by atoms with Gasteiger partial charge < -0.3 is 54.4 Å². The predicted octanol–water partition coefficient (Wildman–Crippen LogP) is -6.24. The molecule has 1 aromatic rings. The van der Waals surface area contributed by atoms with E-state index >= 15 is 0 Å². The van der Waals surface area contributed by atoms with Gasteiger partial charge in [0.1, 0.15) is 0 Å². The lowest BCUT2D eigenvalue weighted by Crippen LogP contribution is -1.77. The van der Waals surface area contributed by atoms with Gasteiger partial charge in [0.05, 0.1) is 6.61 Å². The molecule has 0 fully saturated rings. The van der Waals surface area contributed by atoms with E-state index in [1.807, 2.05) is 30.3 Å². The molecule has 0 aliphatic heterocycles. The van der Waals surface area contributed by atoms with Crippen LogP contribution in [-0.2, 0) is 6.61 Å². The quantitative estimate of drug-likeness (QED) is 0.510. The summed E-state index contributed by atoms with van der Waals surface area (Å²) >= 11 is 0. The second-order valence-electron chi connectivity index (χ2n) is 1.64. The highest BCUT2D eigenvalue weighted by Gasteiger charge is 1.81. The fourth-order valence-electron chi connectivity index (χ4n) is 0.583. The smallest absolute Gasteiger partial charge is 0.0681 e. The maximum atomic E-state index is 8.54.